The van der Waals surface area contributed by atoms with Crippen molar-refractivity contribution in [1.82, 2.24) is 15.1 Å². The number of aromatic nitrogens is 2. The molecule has 0 amide bonds. The van der Waals surface area contributed by atoms with Crippen LogP contribution in [0.2, 0.25) is 0 Å². The quantitative estimate of drug-likeness (QED) is 0.889. The number of likely N-dealkylation sites (N-methyl/N-ethyl adjacent to an activating group) is 2. The second-order valence-corrected chi connectivity index (χ2v) is 5.01. The molecule has 0 saturated carbocycles. The highest BCUT2D eigenvalue weighted by atomic mass is 79.9. The van der Waals surface area contributed by atoms with Gasteiger partial charge in [-0.3, -0.25) is 4.79 Å². The fourth-order valence-electron chi connectivity index (χ4n) is 1.47. The van der Waals surface area contributed by atoms with Crippen molar-refractivity contribution in [3.63, 3.8) is 0 Å². The largest absolute Gasteiger partial charge is 0.371 e. The van der Waals surface area contributed by atoms with Crippen molar-refractivity contribution in [2.24, 2.45) is 0 Å². The lowest BCUT2D eigenvalue weighted by atomic mass is 10.3. The maximum Gasteiger partial charge on any atom is 0.283 e. The Bertz CT molecular complexity index is 430. The molecule has 96 valence electrons. The predicted molar refractivity (Wildman–Crippen MR) is 73.8 cm³/mol. The number of anilines is 1. The molecule has 5 nitrogen and oxygen atoms in total. The van der Waals surface area contributed by atoms with E-state index in [1.807, 2.05) is 32.8 Å². The zero-order chi connectivity index (χ0) is 13.0. The van der Waals surface area contributed by atoms with E-state index in [0.29, 0.717) is 4.47 Å². The van der Waals surface area contributed by atoms with Crippen LogP contribution in [0.25, 0.3) is 0 Å². The molecule has 1 N–H and O–H groups in total. The molecule has 17 heavy (non-hydrogen) atoms. The van der Waals surface area contributed by atoms with Crippen LogP contribution in [0, 0.1) is 0 Å². The topological polar surface area (TPSA) is 50.2 Å². The van der Waals surface area contributed by atoms with Crippen LogP contribution >= 0.6 is 15.9 Å². The molecule has 0 saturated heterocycles. The normalized spacial score (nSPS) is 10.9. The Hall–Kier alpha value is -0.880. The molecule has 1 aromatic heterocycles. The smallest absolute Gasteiger partial charge is 0.283 e. The molecule has 0 aliphatic rings. The van der Waals surface area contributed by atoms with Crippen molar-refractivity contribution in [2.45, 2.75) is 19.9 Å². The summed E-state index contributed by atoms with van der Waals surface area (Å²) in [6.07, 6.45) is 1.72. The first-order valence-corrected chi connectivity index (χ1v) is 6.41. The third-order valence-electron chi connectivity index (χ3n) is 2.52. The monoisotopic (exact) mass is 302 g/mol. The Kier molecular flexibility index (Phi) is 5.14. The Morgan fingerprint density at radius 1 is 1.59 bits per heavy atom. The molecule has 0 aliphatic heterocycles. The van der Waals surface area contributed by atoms with Crippen molar-refractivity contribution >= 4 is 21.6 Å². The maximum absolute atomic E-state index is 12.0. The van der Waals surface area contributed by atoms with Gasteiger partial charge >= 0.3 is 0 Å². The highest BCUT2D eigenvalue weighted by Gasteiger charge is 2.13. The molecule has 0 spiro atoms. The van der Waals surface area contributed by atoms with Crippen molar-refractivity contribution < 1.29 is 0 Å². The third-order valence-corrected chi connectivity index (χ3v) is 3.27. The third kappa shape index (κ3) is 3.29. The van der Waals surface area contributed by atoms with Crippen LogP contribution in [-0.4, -0.2) is 37.0 Å². The molecular weight excluding hydrogens is 284 g/mol. The van der Waals surface area contributed by atoms with Gasteiger partial charge < -0.3 is 10.2 Å². The minimum atomic E-state index is -0.0891. The predicted octanol–water partition coefficient (Wildman–Crippen LogP) is 1.24. The average molecular weight is 303 g/mol. The minimum absolute atomic E-state index is 0.0652. The maximum atomic E-state index is 12.0. The van der Waals surface area contributed by atoms with Crippen LogP contribution in [0.3, 0.4) is 0 Å². The molecular formula is C11H19BrN4O. The van der Waals surface area contributed by atoms with Crippen LogP contribution in [0.15, 0.2) is 15.5 Å². The summed E-state index contributed by atoms with van der Waals surface area (Å²) < 4.78 is 2.04. The number of rotatable bonds is 5. The van der Waals surface area contributed by atoms with E-state index in [0.717, 1.165) is 18.8 Å². The van der Waals surface area contributed by atoms with Gasteiger partial charge in [0, 0.05) is 20.1 Å². The molecule has 0 aromatic carbocycles. The molecule has 1 rings (SSSR count). The summed E-state index contributed by atoms with van der Waals surface area (Å²) in [5.41, 5.74) is 0.732. The summed E-state index contributed by atoms with van der Waals surface area (Å²) in [4.78, 5) is 14.0. The van der Waals surface area contributed by atoms with E-state index in [1.54, 1.807) is 6.20 Å². The van der Waals surface area contributed by atoms with Gasteiger partial charge in [-0.2, -0.15) is 5.10 Å². The standard InChI is InChI=1S/C11H19BrN4O/c1-8(2)16-11(17)10(12)9(7-14-16)15(4)6-5-13-3/h7-8,13H,5-6H2,1-4H3. The first-order valence-electron chi connectivity index (χ1n) is 5.62. The first-order chi connectivity index (χ1) is 7.99. The molecule has 0 unspecified atom stereocenters. The molecule has 0 radical (unpaired) electrons. The Balaban J connectivity index is 3.04. The summed E-state index contributed by atoms with van der Waals surface area (Å²) >= 11 is 3.36. The van der Waals surface area contributed by atoms with E-state index >= 15 is 0 Å². The number of nitrogens with zero attached hydrogens (tertiary/aromatic N) is 3. The van der Waals surface area contributed by atoms with E-state index in [2.05, 4.69) is 26.3 Å². The lowest BCUT2D eigenvalue weighted by Crippen LogP contribution is -2.31. The van der Waals surface area contributed by atoms with Crippen LogP contribution < -0.4 is 15.8 Å². The van der Waals surface area contributed by atoms with E-state index in [9.17, 15) is 4.79 Å². The van der Waals surface area contributed by atoms with Gasteiger partial charge in [0.2, 0.25) is 0 Å². The van der Waals surface area contributed by atoms with Gasteiger partial charge in [0.1, 0.15) is 4.47 Å². The molecule has 6 heteroatoms. The van der Waals surface area contributed by atoms with Gasteiger partial charge in [0.05, 0.1) is 17.9 Å². The van der Waals surface area contributed by atoms with Crippen LogP contribution in [-0.2, 0) is 0 Å². The van der Waals surface area contributed by atoms with Crippen molar-refractivity contribution in [3.8, 4) is 0 Å². The van der Waals surface area contributed by atoms with Gasteiger partial charge in [0.25, 0.3) is 5.56 Å². The van der Waals surface area contributed by atoms with Gasteiger partial charge in [-0.25, -0.2) is 4.68 Å². The molecule has 0 bridgehead atoms. The van der Waals surface area contributed by atoms with E-state index in [4.69, 9.17) is 0 Å². The number of hydrogen-bond acceptors (Lipinski definition) is 4. The zero-order valence-electron chi connectivity index (χ0n) is 10.7. The summed E-state index contributed by atoms with van der Waals surface area (Å²) in [5.74, 6) is 0. The van der Waals surface area contributed by atoms with Crippen LogP contribution in [0.4, 0.5) is 5.69 Å². The van der Waals surface area contributed by atoms with Crippen molar-refractivity contribution in [3.05, 3.63) is 21.0 Å². The lowest BCUT2D eigenvalue weighted by molar-refractivity contribution is 0.500. The summed E-state index contributed by atoms with van der Waals surface area (Å²) in [6.45, 7) is 5.55. The molecule has 1 heterocycles. The first kappa shape index (κ1) is 14.2. The number of hydrogen-bond donors (Lipinski definition) is 1. The number of halogens is 1. The van der Waals surface area contributed by atoms with Crippen molar-refractivity contribution in [1.29, 1.82) is 0 Å². The highest BCUT2D eigenvalue weighted by molar-refractivity contribution is 9.10. The van der Waals surface area contributed by atoms with E-state index in [-0.39, 0.29) is 11.6 Å². The second-order valence-electron chi connectivity index (χ2n) is 4.21. The SMILES string of the molecule is CNCCN(C)c1cnn(C(C)C)c(=O)c1Br. The zero-order valence-corrected chi connectivity index (χ0v) is 12.3. The molecule has 0 aliphatic carbocycles. The molecule has 0 fully saturated rings. The fourth-order valence-corrected chi connectivity index (χ4v) is 2.06. The summed E-state index contributed by atoms with van der Waals surface area (Å²) in [7, 11) is 3.84. The Morgan fingerprint density at radius 3 is 2.76 bits per heavy atom. The van der Waals surface area contributed by atoms with E-state index < -0.39 is 0 Å². The van der Waals surface area contributed by atoms with Gasteiger partial charge in [0.15, 0.2) is 0 Å². The number of nitrogens with one attached hydrogen (secondary N) is 1. The molecule has 0 atom stereocenters. The lowest BCUT2D eigenvalue weighted by Gasteiger charge is -2.20. The Morgan fingerprint density at radius 2 is 2.24 bits per heavy atom. The Labute approximate surface area is 110 Å². The van der Waals surface area contributed by atoms with E-state index in [1.165, 1.54) is 4.68 Å². The van der Waals surface area contributed by atoms with Crippen LogP contribution in [0.1, 0.15) is 19.9 Å². The average Bonchev–Trinajstić information content (AvgIpc) is 2.29. The van der Waals surface area contributed by atoms with Gasteiger partial charge in [-0.1, -0.05) is 0 Å². The minimum Gasteiger partial charge on any atom is -0.371 e. The van der Waals surface area contributed by atoms with Gasteiger partial charge in [-0.05, 0) is 36.8 Å². The fraction of sp³-hybridized carbons (Fsp3) is 0.636. The van der Waals surface area contributed by atoms with Gasteiger partial charge in [-0.15, -0.1) is 0 Å². The molecule has 1 aromatic rings. The highest BCUT2D eigenvalue weighted by Crippen LogP contribution is 2.20. The summed E-state index contributed by atoms with van der Waals surface area (Å²) in [5, 5.41) is 7.25. The van der Waals surface area contributed by atoms with Crippen LogP contribution in [0.5, 0.6) is 0 Å². The van der Waals surface area contributed by atoms with Crippen molar-refractivity contribution in [2.75, 3.05) is 32.1 Å². The summed E-state index contributed by atoms with van der Waals surface area (Å²) in [6, 6.07) is 0.0652. The second kappa shape index (κ2) is 6.16.